The Hall–Kier alpha value is -1.60. The largest absolute Gasteiger partial charge is 0.384 e. The van der Waals surface area contributed by atoms with Crippen molar-refractivity contribution in [1.82, 2.24) is 14.9 Å². The number of aromatic nitrogens is 2. The molecule has 0 atom stereocenters. The lowest BCUT2D eigenvalue weighted by atomic mass is 9.78. The number of imidazole rings is 1. The van der Waals surface area contributed by atoms with Crippen LogP contribution in [0.3, 0.4) is 0 Å². The first-order valence-corrected chi connectivity index (χ1v) is 9.88. The van der Waals surface area contributed by atoms with Crippen LogP contribution in [0.1, 0.15) is 31.4 Å². The fourth-order valence-corrected chi connectivity index (χ4v) is 4.25. The third-order valence-corrected chi connectivity index (χ3v) is 5.87. The molecule has 160 valence electrons. The van der Waals surface area contributed by atoms with Crippen molar-refractivity contribution in [3.63, 3.8) is 0 Å². The summed E-state index contributed by atoms with van der Waals surface area (Å²) in [5.41, 5.74) is 2.79. The number of methoxy groups -OCH3 is 1. The highest BCUT2D eigenvalue weighted by molar-refractivity contribution is 5.95. The number of piperidine rings is 1. The smallest absolute Gasteiger partial charge is 0.233 e. The van der Waals surface area contributed by atoms with Crippen molar-refractivity contribution in [3.8, 4) is 11.4 Å². The van der Waals surface area contributed by atoms with E-state index in [1.54, 1.807) is 7.11 Å². The first kappa shape index (κ1) is 23.7. The molecule has 0 saturated carbocycles. The van der Waals surface area contributed by atoms with Gasteiger partial charge in [-0.25, -0.2) is 4.98 Å². The standard InChI is InChI=1S/C21H28N4O2.2ClH/c1-27-15-21(9-11-22-12-10-21)20(26)24-17-7-5-16(6-8-17)19-23-14-18-4-2-3-13-25(18)19;;/h5-8,14,22H,2-4,9-13,15H2,1H3,(H,24,26);2*1H. The van der Waals surface area contributed by atoms with E-state index >= 15 is 0 Å². The molecule has 1 saturated heterocycles. The van der Waals surface area contributed by atoms with Crippen LogP contribution in [0.15, 0.2) is 30.5 Å². The molecule has 2 aliphatic heterocycles. The topological polar surface area (TPSA) is 68.2 Å². The van der Waals surface area contributed by atoms with Crippen LogP contribution >= 0.6 is 24.8 Å². The summed E-state index contributed by atoms with van der Waals surface area (Å²) in [5.74, 6) is 1.08. The average molecular weight is 441 g/mol. The van der Waals surface area contributed by atoms with Crippen molar-refractivity contribution in [2.24, 2.45) is 5.41 Å². The molecule has 4 rings (SSSR count). The molecule has 2 aromatic rings. The van der Waals surface area contributed by atoms with Gasteiger partial charge in [-0.2, -0.15) is 0 Å². The maximum absolute atomic E-state index is 12.9. The Bertz CT molecular complexity index is 796. The Morgan fingerprint density at radius 3 is 2.62 bits per heavy atom. The van der Waals surface area contributed by atoms with Crippen molar-refractivity contribution in [2.75, 3.05) is 32.1 Å². The average Bonchev–Trinajstić information content (AvgIpc) is 3.14. The lowest BCUT2D eigenvalue weighted by Crippen LogP contribution is -2.47. The molecule has 0 radical (unpaired) electrons. The molecule has 0 spiro atoms. The summed E-state index contributed by atoms with van der Waals surface area (Å²) in [6.07, 6.45) is 7.15. The van der Waals surface area contributed by atoms with Gasteiger partial charge in [0.1, 0.15) is 5.82 Å². The lowest BCUT2D eigenvalue weighted by Gasteiger charge is -2.35. The van der Waals surface area contributed by atoms with Gasteiger partial charge in [0, 0.05) is 36.8 Å². The number of amides is 1. The van der Waals surface area contributed by atoms with E-state index in [-0.39, 0.29) is 30.7 Å². The van der Waals surface area contributed by atoms with Gasteiger partial charge < -0.3 is 19.9 Å². The third-order valence-electron chi connectivity index (χ3n) is 5.87. The zero-order valence-corrected chi connectivity index (χ0v) is 18.4. The number of carbonyl (C=O) groups is 1. The fourth-order valence-electron chi connectivity index (χ4n) is 4.25. The number of ether oxygens (including phenoxy) is 1. The van der Waals surface area contributed by atoms with Crippen LogP contribution in [0.2, 0.25) is 0 Å². The van der Waals surface area contributed by atoms with Gasteiger partial charge in [-0.3, -0.25) is 4.79 Å². The number of benzene rings is 1. The second-order valence-electron chi connectivity index (χ2n) is 7.68. The Kier molecular flexibility index (Phi) is 8.52. The molecule has 6 nitrogen and oxygen atoms in total. The van der Waals surface area contributed by atoms with Gasteiger partial charge in [0.25, 0.3) is 0 Å². The molecule has 29 heavy (non-hydrogen) atoms. The second-order valence-corrected chi connectivity index (χ2v) is 7.68. The maximum Gasteiger partial charge on any atom is 0.233 e. The van der Waals surface area contributed by atoms with E-state index in [0.717, 1.165) is 56.0 Å². The molecule has 1 aromatic carbocycles. The molecule has 3 heterocycles. The Labute approximate surface area is 184 Å². The summed E-state index contributed by atoms with van der Waals surface area (Å²) in [5, 5.41) is 6.42. The highest BCUT2D eigenvalue weighted by atomic mass is 35.5. The minimum absolute atomic E-state index is 0. The first-order valence-electron chi connectivity index (χ1n) is 9.88. The third kappa shape index (κ3) is 4.94. The van der Waals surface area contributed by atoms with Crippen molar-refractivity contribution in [1.29, 1.82) is 0 Å². The summed E-state index contributed by atoms with van der Waals surface area (Å²) >= 11 is 0. The van der Waals surface area contributed by atoms with Crippen molar-refractivity contribution in [2.45, 2.75) is 38.6 Å². The molecule has 1 amide bonds. The minimum Gasteiger partial charge on any atom is -0.384 e. The quantitative estimate of drug-likeness (QED) is 0.743. The van der Waals surface area contributed by atoms with Crippen LogP contribution in [0.25, 0.3) is 11.4 Å². The van der Waals surface area contributed by atoms with Crippen molar-refractivity contribution >= 4 is 36.4 Å². The monoisotopic (exact) mass is 440 g/mol. The van der Waals surface area contributed by atoms with Gasteiger partial charge in [0.15, 0.2) is 0 Å². The van der Waals surface area contributed by atoms with E-state index in [1.807, 2.05) is 30.5 Å². The minimum atomic E-state index is -0.444. The molecule has 1 aromatic heterocycles. The van der Waals surface area contributed by atoms with Gasteiger partial charge >= 0.3 is 0 Å². The van der Waals surface area contributed by atoms with E-state index < -0.39 is 5.41 Å². The van der Waals surface area contributed by atoms with Crippen LogP contribution in [-0.2, 0) is 22.5 Å². The summed E-state index contributed by atoms with van der Waals surface area (Å²) in [7, 11) is 1.66. The predicted molar refractivity (Wildman–Crippen MR) is 120 cm³/mol. The summed E-state index contributed by atoms with van der Waals surface area (Å²) in [6, 6.07) is 8.04. The number of rotatable bonds is 5. The molecule has 0 bridgehead atoms. The van der Waals surface area contributed by atoms with Crippen molar-refractivity contribution in [3.05, 3.63) is 36.2 Å². The molecule has 0 aliphatic carbocycles. The SMILES string of the molecule is COCC1(C(=O)Nc2ccc(-c3ncc4n3CCCC4)cc2)CCNCC1.Cl.Cl. The van der Waals surface area contributed by atoms with E-state index in [9.17, 15) is 4.79 Å². The predicted octanol–water partition coefficient (Wildman–Crippen LogP) is 3.68. The second kappa shape index (κ2) is 10.4. The molecule has 1 fully saturated rings. The number of nitrogens with zero attached hydrogens (tertiary/aromatic N) is 2. The van der Waals surface area contributed by atoms with Crippen molar-refractivity contribution < 1.29 is 9.53 Å². The number of fused-ring (bicyclic) bond motifs is 1. The van der Waals surface area contributed by atoms with E-state index in [0.29, 0.717) is 6.61 Å². The maximum atomic E-state index is 12.9. The first-order chi connectivity index (χ1) is 13.2. The molecular formula is C21H30Cl2N4O2. The van der Waals surface area contributed by atoms with Crippen LogP contribution in [-0.4, -0.2) is 42.3 Å². The summed E-state index contributed by atoms with van der Waals surface area (Å²) in [6.45, 7) is 3.19. The normalized spacial score (nSPS) is 17.4. The molecule has 8 heteroatoms. The summed E-state index contributed by atoms with van der Waals surface area (Å²) < 4.78 is 7.68. The zero-order chi connectivity index (χ0) is 18.7. The van der Waals surface area contributed by atoms with Gasteiger partial charge in [-0.15, -0.1) is 24.8 Å². The molecular weight excluding hydrogens is 411 g/mol. The fraction of sp³-hybridized carbons (Fsp3) is 0.524. The van der Waals surface area contributed by atoms with Crippen LogP contribution < -0.4 is 10.6 Å². The number of halogens is 2. The van der Waals surface area contributed by atoms with Crippen LogP contribution in [0, 0.1) is 5.41 Å². The highest BCUT2D eigenvalue weighted by Gasteiger charge is 2.39. The Morgan fingerprint density at radius 2 is 1.93 bits per heavy atom. The Morgan fingerprint density at radius 1 is 1.21 bits per heavy atom. The van der Waals surface area contributed by atoms with Gasteiger partial charge in [0.2, 0.25) is 5.91 Å². The van der Waals surface area contributed by atoms with E-state index in [4.69, 9.17) is 4.74 Å². The van der Waals surface area contributed by atoms with Crippen LogP contribution in [0.4, 0.5) is 5.69 Å². The number of anilines is 1. The van der Waals surface area contributed by atoms with Gasteiger partial charge in [-0.05, 0) is 69.5 Å². The number of hydrogen-bond acceptors (Lipinski definition) is 4. The number of aryl methyl sites for hydroxylation is 1. The molecule has 2 N–H and O–H groups in total. The lowest BCUT2D eigenvalue weighted by molar-refractivity contribution is -0.130. The molecule has 0 unspecified atom stereocenters. The Balaban J connectivity index is 0.00000150. The summed E-state index contributed by atoms with van der Waals surface area (Å²) in [4.78, 5) is 17.6. The van der Waals surface area contributed by atoms with Gasteiger partial charge in [0.05, 0.1) is 12.0 Å². The van der Waals surface area contributed by atoms with E-state index in [1.165, 1.54) is 18.5 Å². The number of carbonyl (C=O) groups excluding carboxylic acids is 1. The van der Waals surface area contributed by atoms with E-state index in [2.05, 4.69) is 20.2 Å². The van der Waals surface area contributed by atoms with Crippen LogP contribution in [0.5, 0.6) is 0 Å². The zero-order valence-electron chi connectivity index (χ0n) is 16.8. The number of nitrogens with one attached hydrogen (secondary N) is 2. The number of hydrogen-bond donors (Lipinski definition) is 2. The van der Waals surface area contributed by atoms with Gasteiger partial charge in [-0.1, -0.05) is 0 Å². The molecule has 2 aliphatic rings. The highest BCUT2D eigenvalue weighted by Crippen LogP contribution is 2.31.